The van der Waals surface area contributed by atoms with Crippen molar-refractivity contribution in [3.05, 3.63) is 77.3 Å². The van der Waals surface area contributed by atoms with Gasteiger partial charge in [0, 0.05) is 32.8 Å². The molecule has 4 heteroatoms. The zero-order valence-corrected chi connectivity index (χ0v) is 26.0. The topological polar surface area (TPSA) is 59.7 Å². The van der Waals surface area contributed by atoms with Crippen molar-refractivity contribution in [3.63, 3.8) is 0 Å². The van der Waals surface area contributed by atoms with Crippen molar-refractivity contribution in [1.82, 2.24) is 15.0 Å². The summed E-state index contributed by atoms with van der Waals surface area (Å²) in [6, 6.07) is 0.0762. The Balaban J connectivity index is 1.96. The first-order chi connectivity index (χ1) is 19.5. The van der Waals surface area contributed by atoms with Crippen LogP contribution in [0.5, 0.6) is 0 Å². The highest BCUT2D eigenvalue weighted by molar-refractivity contribution is 6.22. The van der Waals surface area contributed by atoms with E-state index in [0.717, 1.165) is 57.1 Å². The second-order valence-electron chi connectivity index (χ2n) is 11.1. The summed E-state index contributed by atoms with van der Waals surface area (Å²) in [6.07, 6.45) is 17.6. The minimum absolute atomic E-state index is 0.0762. The number of H-pyrrole nitrogens is 3. The normalized spacial score (nSPS) is 16.4. The first-order valence-corrected chi connectivity index (χ1v) is 15.9. The Morgan fingerprint density at radius 1 is 0.500 bits per heavy atom. The van der Waals surface area contributed by atoms with Crippen LogP contribution < -0.4 is 21.4 Å². The molecule has 0 saturated carbocycles. The lowest BCUT2D eigenvalue weighted by Gasteiger charge is -2.08. The van der Waals surface area contributed by atoms with E-state index in [9.17, 15) is 0 Å². The summed E-state index contributed by atoms with van der Waals surface area (Å²) in [5.74, 6) is 0. The summed E-state index contributed by atoms with van der Waals surface area (Å²) in [4.78, 5) is 17.0. The first-order valence-electron chi connectivity index (χ1n) is 15.9. The number of hydrogen-bond donors (Lipinski definition) is 3. The monoisotopic (exact) mass is 536 g/mol. The molecule has 5 heterocycles. The predicted octanol–water partition coefficient (Wildman–Crippen LogP) is 5.22. The van der Waals surface area contributed by atoms with Crippen molar-refractivity contribution in [2.45, 2.75) is 113 Å². The maximum atomic E-state index is 5.38. The van der Waals surface area contributed by atoms with Crippen LogP contribution in [0.3, 0.4) is 0 Å². The molecule has 0 aromatic carbocycles. The van der Waals surface area contributed by atoms with Crippen LogP contribution in [0.25, 0.3) is 24.3 Å². The quantitative estimate of drug-likeness (QED) is 0.354. The molecule has 1 atom stereocenters. The molecule has 5 rings (SSSR count). The average molecular weight is 537 g/mol. The highest BCUT2D eigenvalue weighted by Crippen LogP contribution is 2.29. The molecule has 40 heavy (non-hydrogen) atoms. The lowest BCUT2D eigenvalue weighted by Crippen LogP contribution is -2.16. The molecule has 2 aliphatic rings. The lowest BCUT2D eigenvalue weighted by molar-refractivity contribution is 0.915. The fourth-order valence-corrected chi connectivity index (χ4v) is 7.37. The van der Waals surface area contributed by atoms with Crippen molar-refractivity contribution < 1.29 is 0 Å². The fourth-order valence-electron chi connectivity index (χ4n) is 7.37. The minimum atomic E-state index is 0.0762. The summed E-state index contributed by atoms with van der Waals surface area (Å²) in [5, 5.41) is 4.92. The number of nitrogens with zero attached hydrogens (tertiary/aromatic N) is 1. The van der Waals surface area contributed by atoms with Gasteiger partial charge in [0.2, 0.25) is 0 Å². The third-order valence-corrected chi connectivity index (χ3v) is 9.22. The molecule has 3 N–H and O–H groups in total. The largest absolute Gasteiger partial charge is 0.355 e. The summed E-state index contributed by atoms with van der Waals surface area (Å²) in [5.41, 5.74) is 15.0. The third-order valence-electron chi connectivity index (χ3n) is 9.22. The molecule has 3 aromatic heterocycles. The smallest absolute Gasteiger partial charge is 0.0926 e. The number of hydrogen-bond acceptors (Lipinski definition) is 1. The molecule has 2 aliphatic heterocycles. The SMILES string of the molecule is CCC1=C(CC)C2C=c3[nH]c(c(CC)c3CC)=Cc3[nH]c(c(CC)c3CC)C=c3[nH]c(c(CC)c3CC)=CC1=N2. The second-order valence-corrected chi connectivity index (χ2v) is 11.1. The molecule has 0 aliphatic carbocycles. The van der Waals surface area contributed by atoms with Crippen LogP contribution >= 0.6 is 0 Å². The van der Waals surface area contributed by atoms with Gasteiger partial charge >= 0.3 is 0 Å². The van der Waals surface area contributed by atoms with E-state index in [1.165, 1.54) is 77.3 Å². The van der Waals surface area contributed by atoms with Gasteiger partial charge in [-0.15, -0.1) is 0 Å². The number of aromatic amines is 3. The molecule has 3 aromatic rings. The Morgan fingerprint density at radius 3 is 1.40 bits per heavy atom. The average Bonchev–Trinajstić information content (AvgIpc) is 3.67. The van der Waals surface area contributed by atoms with Crippen LogP contribution in [0.4, 0.5) is 0 Å². The molecule has 0 saturated heterocycles. The molecule has 8 bridgehead atoms. The summed E-state index contributed by atoms with van der Waals surface area (Å²) >= 11 is 0. The van der Waals surface area contributed by atoms with Gasteiger partial charge in [-0.2, -0.15) is 0 Å². The molecule has 0 radical (unpaired) electrons. The molecule has 0 spiro atoms. The number of nitrogens with one attached hydrogen (secondary N) is 3. The van der Waals surface area contributed by atoms with Crippen molar-refractivity contribution in [3.8, 4) is 0 Å². The van der Waals surface area contributed by atoms with Crippen LogP contribution in [0.15, 0.2) is 16.1 Å². The van der Waals surface area contributed by atoms with Gasteiger partial charge in [0.1, 0.15) is 0 Å². The zero-order valence-electron chi connectivity index (χ0n) is 26.0. The molecule has 0 fully saturated rings. The van der Waals surface area contributed by atoms with Crippen molar-refractivity contribution in [2.24, 2.45) is 4.99 Å². The molecule has 4 nitrogen and oxygen atoms in total. The molecular formula is C36H48N4. The van der Waals surface area contributed by atoms with E-state index in [4.69, 9.17) is 4.99 Å². The second kappa shape index (κ2) is 11.7. The lowest BCUT2D eigenvalue weighted by atomic mass is 9.96. The molecule has 1 unspecified atom stereocenters. The van der Waals surface area contributed by atoms with E-state index >= 15 is 0 Å². The van der Waals surface area contributed by atoms with Gasteiger partial charge in [-0.25, -0.2) is 0 Å². The van der Waals surface area contributed by atoms with Crippen LogP contribution in [0.2, 0.25) is 0 Å². The number of fused-ring (bicyclic) bond motifs is 7. The minimum Gasteiger partial charge on any atom is -0.355 e. The summed E-state index contributed by atoms with van der Waals surface area (Å²) < 4.78 is 0. The van der Waals surface area contributed by atoms with Gasteiger partial charge in [-0.05, 0) is 120 Å². The zero-order chi connectivity index (χ0) is 28.6. The number of aromatic nitrogens is 3. The summed E-state index contributed by atoms with van der Waals surface area (Å²) in [7, 11) is 0. The maximum Gasteiger partial charge on any atom is 0.0926 e. The van der Waals surface area contributed by atoms with E-state index in [0.29, 0.717) is 0 Å². The number of rotatable bonds is 8. The fraction of sp³-hybridized carbons (Fsp3) is 0.472. The Kier molecular flexibility index (Phi) is 8.26. The summed E-state index contributed by atoms with van der Waals surface area (Å²) in [6.45, 7) is 18.3. The van der Waals surface area contributed by atoms with Crippen molar-refractivity contribution in [2.75, 3.05) is 0 Å². The van der Waals surface area contributed by atoms with Crippen LogP contribution in [0.1, 0.15) is 113 Å². The Bertz CT molecular complexity index is 1730. The van der Waals surface area contributed by atoms with E-state index < -0.39 is 0 Å². The van der Waals surface area contributed by atoms with Gasteiger partial charge in [-0.3, -0.25) is 4.99 Å². The number of allylic oxidation sites excluding steroid dienone is 1. The Hall–Kier alpha value is -3.27. The molecular weight excluding hydrogens is 488 g/mol. The maximum absolute atomic E-state index is 5.38. The van der Waals surface area contributed by atoms with Crippen LogP contribution in [-0.2, 0) is 38.5 Å². The molecule has 0 amide bonds. The highest BCUT2D eigenvalue weighted by atomic mass is 14.8. The van der Waals surface area contributed by atoms with E-state index in [2.05, 4.69) is 94.6 Å². The van der Waals surface area contributed by atoms with Gasteiger partial charge in [0.05, 0.1) is 11.8 Å². The predicted molar refractivity (Wildman–Crippen MR) is 172 cm³/mol. The van der Waals surface area contributed by atoms with Gasteiger partial charge in [-0.1, -0.05) is 55.4 Å². The van der Waals surface area contributed by atoms with Crippen molar-refractivity contribution in [1.29, 1.82) is 0 Å². The van der Waals surface area contributed by atoms with Crippen molar-refractivity contribution >= 4 is 30.0 Å². The third kappa shape index (κ3) is 4.60. The van der Waals surface area contributed by atoms with Crippen LogP contribution in [-0.4, -0.2) is 26.7 Å². The Morgan fingerprint density at radius 2 is 0.950 bits per heavy atom. The van der Waals surface area contributed by atoms with Gasteiger partial charge in [0.15, 0.2) is 0 Å². The van der Waals surface area contributed by atoms with Gasteiger partial charge < -0.3 is 15.0 Å². The number of aliphatic imine (C=N–C) groups is 1. The van der Waals surface area contributed by atoms with E-state index in [1.807, 2.05) is 0 Å². The standard InChI is InChI=1S/C36H48N4/c1-9-21-22(10-2)30-18-32-25(13-5)26(14-6)34(39-32)20-36-28(16-8)27(15-7)35(40-36)19-33-24(12-4)23(11-3)31(38-33)17-29(21)37-30/h17-20,29,38-40H,9-16H2,1-8H3. The van der Waals surface area contributed by atoms with E-state index in [1.54, 1.807) is 0 Å². The Labute approximate surface area is 239 Å². The van der Waals surface area contributed by atoms with Gasteiger partial charge in [0.25, 0.3) is 0 Å². The highest BCUT2D eigenvalue weighted by Gasteiger charge is 2.24. The first kappa shape index (κ1) is 28.3. The van der Waals surface area contributed by atoms with E-state index in [-0.39, 0.29) is 6.04 Å². The molecule has 212 valence electrons. The van der Waals surface area contributed by atoms with Crippen LogP contribution in [0, 0.1) is 0 Å².